The maximum absolute atomic E-state index is 12.3. The number of benzene rings is 1. The molecule has 0 bridgehead atoms. The maximum Gasteiger partial charge on any atom is 0.430 e. The summed E-state index contributed by atoms with van der Waals surface area (Å²) in [6.45, 7) is 1.36. The van der Waals surface area contributed by atoms with E-state index in [2.05, 4.69) is 26.2 Å². The number of amides is 1. The van der Waals surface area contributed by atoms with Crippen LogP contribution in [0, 0.1) is 0 Å². The SMILES string of the molecule is COc1cccc(OCCC[NH3+])c1-c1cc(NC(=O)c2ccncc2)n[nH]1.O=C([O-])C(F)(F)F. The minimum Gasteiger partial charge on any atom is -0.542 e. The van der Waals surface area contributed by atoms with Crippen LogP contribution < -0.4 is 25.6 Å². The molecule has 3 aromatic rings. The smallest absolute Gasteiger partial charge is 0.430 e. The van der Waals surface area contributed by atoms with E-state index < -0.39 is 12.1 Å². The number of carboxylic acid groups (broad SMARTS) is 1. The van der Waals surface area contributed by atoms with Gasteiger partial charge in [-0.15, -0.1) is 0 Å². The number of rotatable bonds is 8. The lowest BCUT2D eigenvalue weighted by atomic mass is 10.1. The molecule has 1 amide bonds. The molecule has 0 aliphatic heterocycles. The largest absolute Gasteiger partial charge is 0.542 e. The second-order valence-corrected chi connectivity index (χ2v) is 6.53. The number of hydrogen-bond donors (Lipinski definition) is 3. The van der Waals surface area contributed by atoms with Crippen LogP contribution >= 0.6 is 0 Å². The summed E-state index contributed by atoms with van der Waals surface area (Å²) in [4.78, 5) is 25.0. The van der Waals surface area contributed by atoms with Crippen molar-refractivity contribution < 1.29 is 43.1 Å². The highest BCUT2D eigenvalue weighted by Gasteiger charge is 2.28. The van der Waals surface area contributed by atoms with Crippen molar-refractivity contribution in [1.29, 1.82) is 0 Å². The number of methoxy groups -OCH3 is 1. The molecular formula is C21H22F3N5O5. The molecule has 0 unspecified atom stereocenters. The number of pyridine rings is 1. The molecule has 0 fully saturated rings. The van der Waals surface area contributed by atoms with E-state index in [9.17, 15) is 18.0 Å². The Kier molecular flexibility index (Phi) is 9.38. The molecule has 0 atom stereocenters. The van der Waals surface area contributed by atoms with Crippen molar-refractivity contribution in [2.75, 3.05) is 25.6 Å². The fraction of sp³-hybridized carbons (Fsp3) is 0.238. The van der Waals surface area contributed by atoms with Crippen molar-refractivity contribution in [3.63, 3.8) is 0 Å². The first-order valence-electron chi connectivity index (χ1n) is 9.81. The molecule has 2 aromatic heterocycles. The number of hydrogen-bond acceptors (Lipinski definition) is 7. The number of aliphatic carboxylic acids is 1. The summed E-state index contributed by atoms with van der Waals surface area (Å²) in [6.07, 6.45) is -1.21. The van der Waals surface area contributed by atoms with Gasteiger partial charge in [-0.2, -0.15) is 18.3 Å². The zero-order valence-corrected chi connectivity index (χ0v) is 18.0. The molecule has 0 aliphatic rings. The Balaban J connectivity index is 0.000000509. The van der Waals surface area contributed by atoms with E-state index in [4.69, 9.17) is 19.4 Å². The molecule has 0 saturated carbocycles. The predicted octanol–water partition coefficient (Wildman–Crippen LogP) is 1.04. The fourth-order valence-corrected chi connectivity index (χ4v) is 2.56. The Morgan fingerprint density at radius 2 is 1.82 bits per heavy atom. The van der Waals surface area contributed by atoms with E-state index in [-0.39, 0.29) is 5.91 Å². The van der Waals surface area contributed by atoms with Crippen molar-refractivity contribution in [3.8, 4) is 22.8 Å². The monoisotopic (exact) mass is 481 g/mol. The van der Waals surface area contributed by atoms with Gasteiger partial charge in [-0.1, -0.05) is 6.07 Å². The van der Waals surface area contributed by atoms with Gasteiger partial charge in [0.2, 0.25) is 0 Å². The quantitative estimate of drug-likeness (QED) is 0.406. The molecule has 182 valence electrons. The average molecular weight is 481 g/mol. The van der Waals surface area contributed by atoms with Crippen molar-refractivity contribution in [2.24, 2.45) is 0 Å². The van der Waals surface area contributed by atoms with E-state index in [1.807, 2.05) is 18.2 Å². The fourth-order valence-electron chi connectivity index (χ4n) is 2.56. The molecule has 0 saturated heterocycles. The topological polar surface area (TPSA) is 157 Å². The maximum atomic E-state index is 12.3. The number of anilines is 1. The number of aromatic amines is 1. The molecule has 0 aliphatic carbocycles. The summed E-state index contributed by atoms with van der Waals surface area (Å²) in [5.41, 5.74) is 5.76. The number of nitrogens with one attached hydrogen (secondary N) is 2. The zero-order valence-electron chi connectivity index (χ0n) is 18.0. The molecular weight excluding hydrogens is 459 g/mol. The van der Waals surface area contributed by atoms with Crippen molar-refractivity contribution in [1.82, 2.24) is 15.2 Å². The summed E-state index contributed by atoms with van der Waals surface area (Å²) < 4.78 is 42.9. The number of nitrogens with zero attached hydrogens (tertiary/aromatic N) is 2. The van der Waals surface area contributed by atoms with Gasteiger partial charge in [0.05, 0.1) is 31.5 Å². The van der Waals surface area contributed by atoms with Crippen LogP contribution in [-0.4, -0.2) is 53.5 Å². The Hall–Kier alpha value is -4.13. The van der Waals surface area contributed by atoms with Crippen LogP contribution in [0.5, 0.6) is 11.5 Å². The zero-order chi connectivity index (χ0) is 25.1. The lowest BCUT2D eigenvalue weighted by Gasteiger charge is -2.13. The summed E-state index contributed by atoms with van der Waals surface area (Å²) in [7, 11) is 1.60. The standard InChI is InChI=1S/C19H21N5O3.C2HF3O2/c1-26-15-4-2-5-16(27-11-3-8-20)18(15)14-12-17(24-23-14)22-19(25)13-6-9-21-10-7-13;3-2(4,5)1(6)7/h2,4-7,9-10,12H,3,8,11,20H2,1H3,(H2,22,23,24,25);(H,6,7). The number of H-pyrrole nitrogens is 1. The summed E-state index contributed by atoms with van der Waals surface area (Å²) in [5.74, 6) is -1.53. The third-order valence-corrected chi connectivity index (χ3v) is 4.12. The molecule has 10 nitrogen and oxygen atoms in total. The highest BCUT2D eigenvalue weighted by atomic mass is 19.4. The highest BCUT2D eigenvalue weighted by molar-refractivity contribution is 6.03. The third kappa shape index (κ3) is 7.48. The first-order chi connectivity index (χ1) is 16.2. The number of carbonyl (C=O) groups excluding carboxylic acids is 2. The van der Waals surface area contributed by atoms with Gasteiger partial charge in [0.1, 0.15) is 17.5 Å². The van der Waals surface area contributed by atoms with Crippen molar-refractivity contribution in [2.45, 2.75) is 12.6 Å². The lowest BCUT2D eigenvalue weighted by molar-refractivity contribution is -0.368. The van der Waals surface area contributed by atoms with Crippen LogP contribution in [0.4, 0.5) is 19.0 Å². The minimum atomic E-state index is -5.19. The first-order valence-corrected chi connectivity index (χ1v) is 9.81. The average Bonchev–Trinajstić information content (AvgIpc) is 3.27. The van der Waals surface area contributed by atoms with Crippen LogP contribution in [0.15, 0.2) is 48.8 Å². The van der Waals surface area contributed by atoms with Crippen LogP contribution in [0.2, 0.25) is 0 Å². The van der Waals surface area contributed by atoms with Gasteiger partial charge in [-0.3, -0.25) is 14.9 Å². The number of quaternary nitrogens is 1. The Morgan fingerprint density at radius 1 is 1.18 bits per heavy atom. The van der Waals surface area contributed by atoms with Gasteiger partial charge < -0.3 is 30.4 Å². The molecule has 5 N–H and O–H groups in total. The van der Waals surface area contributed by atoms with E-state index in [0.717, 1.165) is 18.5 Å². The molecule has 34 heavy (non-hydrogen) atoms. The molecule has 0 radical (unpaired) electrons. The van der Waals surface area contributed by atoms with Gasteiger partial charge >= 0.3 is 6.18 Å². The molecule has 3 rings (SSSR count). The normalized spacial score (nSPS) is 10.6. The van der Waals surface area contributed by atoms with Crippen molar-refractivity contribution >= 4 is 17.7 Å². The molecule has 0 spiro atoms. The summed E-state index contributed by atoms with van der Waals surface area (Å²) >= 11 is 0. The van der Waals surface area contributed by atoms with Gasteiger partial charge in [-0.05, 0) is 24.3 Å². The van der Waals surface area contributed by atoms with E-state index >= 15 is 0 Å². The number of alkyl halides is 3. The van der Waals surface area contributed by atoms with Gasteiger partial charge in [0, 0.05) is 30.4 Å². The second-order valence-electron chi connectivity index (χ2n) is 6.53. The number of halogens is 3. The Labute approximate surface area is 191 Å². The van der Waals surface area contributed by atoms with E-state index in [1.165, 1.54) is 0 Å². The lowest BCUT2D eigenvalue weighted by Crippen LogP contribution is -2.50. The van der Waals surface area contributed by atoms with Crippen LogP contribution in [0.3, 0.4) is 0 Å². The van der Waals surface area contributed by atoms with E-state index in [1.54, 1.807) is 37.7 Å². The first kappa shape index (κ1) is 26.1. The Morgan fingerprint density at radius 3 is 2.41 bits per heavy atom. The van der Waals surface area contributed by atoms with Crippen LogP contribution in [0.25, 0.3) is 11.3 Å². The number of carboxylic acids is 1. The third-order valence-electron chi connectivity index (χ3n) is 4.12. The number of aromatic nitrogens is 3. The summed E-state index contributed by atoms with van der Waals surface area (Å²) in [5, 5.41) is 18.7. The van der Waals surface area contributed by atoms with Crippen molar-refractivity contribution in [3.05, 3.63) is 54.4 Å². The molecule has 13 heteroatoms. The van der Waals surface area contributed by atoms with E-state index in [0.29, 0.717) is 35.2 Å². The number of ether oxygens (including phenoxy) is 2. The minimum absolute atomic E-state index is 0.262. The summed E-state index contributed by atoms with van der Waals surface area (Å²) in [6, 6.07) is 10.6. The molecule has 2 heterocycles. The Bertz CT molecular complexity index is 1090. The molecule has 1 aromatic carbocycles. The highest BCUT2D eigenvalue weighted by Crippen LogP contribution is 2.38. The van der Waals surface area contributed by atoms with Crippen LogP contribution in [0.1, 0.15) is 16.8 Å². The second kappa shape index (κ2) is 12.2. The van der Waals surface area contributed by atoms with Gasteiger partial charge in [-0.25, -0.2) is 0 Å². The number of carbonyl (C=O) groups is 2. The van der Waals surface area contributed by atoms with Crippen LogP contribution in [-0.2, 0) is 4.79 Å². The predicted molar refractivity (Wildman–Crippen MR) is 112 cm³/mol. The van der Waals surface area contributed by atoms with Gasteiger partial charge in [0.15, 0.2) is 5.82 Å². The van der Waals surface area contributed by atoms with Gasteiger partial charge in [0.25, 0.3) is 5.91 Å².